The fourth-order valence-corrected chi connectivity index (χ4v) is 10.2. The fourth-order valence-electron chi connectivity index (χ4n) is 10.2. The molecule has 0 radical (unpaired) electrons. The summed E-state index contributed by atoms with van der Waals surface area (Å²) in [4.78, 5) is 3.77. The van der Waals surface area contributed by atoms with Gasteiger partial charge in [-0.25, -0.2) is 0 Å². The van der Waals surface area contributed by atoms with Crippen molar-refractivity contribution in [1.29, 1.82) is 0 Å². The number of nitrogens with zero attached hydrogens (tertiary/aromatic N) is 1. The Bertz CT molecular complexity index is 3720. The fraction of sp³-hybridized carbons (Fsp3) is 0.0526. The number of benzene rings is 9. The van der Waals surface area contributed by atoms with E-state index in [0.717, 1.165) is 27.6 Å². The maximum atomic E-state index is 6.37. The normalized spacial score (nSPS) is 13.3. The second-order valence-electron chi connectivity index (χ2n) is 17.0. The molecule has 12 aromatic rings. The number of aromatic amines is 1. The maximum absolute atomic E-state index is 6.37. The molecule has 0 amide bonds. The zero-order chi connectivity index (χ0) is 39.7. The third kappa shape index (κ3) is 4.78. The lowest BCUT2D eigenvalue weighted by atomic mass is 9.82. The van der Waals surface area contributed by atoms with Gasteiger partial charge in [-0.15, -0.1) is 0 Å². The predicted octanol–water partition coefficient (Wildman–Crippen LogP) is 15.6. The van der Waals surface area contributed by atoms with Gasteiger partial charge in [0.25, 0.3) is 0 Å². The lowest BCUT2D eigenvalue weighted by Gasteiger charge is -2.22. The van der Waals surface area contributed by atoms with E-state index in [1.807, 2.05) is 0 Å². The van der Waals surface area contributed by atoms with Crippen LogP contribution in [-0.4, -0.2) is 9.55 Å². The Morgan fingerprint density at radius 2 is 0.867 bits per heavy atom. The minimum Gasteiger partial charge on any atom is -0.456 e. The first kappa shape index (κ1) is 33.4. The molecule has 13 rings (SSSR count). The molecule has 1 aliphatic rings. The maximum Gasteiger partial charge on any atom is 0.135 e. The molecule has 0 bridgehead atoms. The van der Waals surface area contributed by atoms with Crippen molar-refractivity contribution in [3.05, 3.63) is 199 Å². The molecule has 0 fully saturated rings. The van der Waals surface area contributed by atoms with Crippen LogP contribution in [0.25, 0.3) is 116 Å². The summed E-state index contributed by atoms with van der Waals surface area (Å²) in [6.07, 6.45) is 0. The van der Waals surface area contributed by atoms with Gasteiger partial charge in [0.15, 0.2) is 0 Å². The number of rotatable bonds is 4. The van der Waals surface area contributed by atoms with Gasteiger partial charge in [-0.3, -0.25) is 0 Å². The molecule has 9 aromatic carbocycles. The SMILES string of the molecule is CC1(C)c2cc3[nH]c4ccc(-c5ccccc5)cc4c3cc2-c2cc3c4cc(-c5ccc6oc7ccc(-c8ccccc8)cc7c6c5)ccc4n(-c4ccccc4)c3cc21. The van der Waals surface area contributed by atoms with Crippen molar-refractivity contribution in [1.82, 2.24) is 9.55 Å². The molecule has 3 aromatic heterocycles. The van der Waals surface area contributed by atoms with Gasteiger partial charge in [0.05, 0.1) is 11.0 Å². The van der Waals surface area contributed by atoms with E-state index in [1.54, 1.807) is 0 Å². The Kier molecular flexibility index (Phi) is 6.78. The standard InChI is InChI=1S/C57H38N2O/c1-57(2)49-32-52-44(43-26-36(18-22-51(43)58-52)34-12-6-3-7-13-34)30-41(49)42-31-46-45-27-38(19-23-53(45)59(54(46)33-50(42)57)40-16-10-5-11-17-40)39-21-25-56-48(29-39)47-28-37(20-24-55(47)60-56)35-14-8-4-9-15-35/h3-33,58H,1-2H3. The van der Waals surface area contributed by atoms with E-state index in [1.165, 1.54) is 99.2 Å². The third-order valence-corrected chi connectivity index (χ3v) is 13.3. The van der Waals surface area contributed by atoms with Crippen LogP contribution in [0.1, 0.15) is 25.0 Å². The van der Waals surface area contributed by atoms with Crippen molar-refractivity contribution in [3.63, 3.8) is 0 Å². The highest BCUT2D eigenvalue weighted by molar-refractivity contribution is 6.15. The van der Waals surface area contributed by atoms with E-state index in [9.17, 15) is 0 Å². The van der Waals surface area contributed by atoms with Gasteiger partial charge in [0.2, 0.25) is 0 Å². The van der Waals surface area contributed by atoms with Crippen molar-refractivity contribution in [2.24, 2.45) is 0 Å². The summed E-state index contributed by atoms with van der Waals surface area (Å²) < 4.78 is 8.82. The van der Waals surface area contributed by atoms with Gasteiger partial charge in [-0.05, 0) is 141 Å². The first-order chi connectivity index (χ1) is 29.5. The molecule has 3 nitrogen and oxygen atoms in total. The molecule has 0 aliphatic heterocycles. The van der Waals surface area contributed by atoms with Crippen LogP contribution in [0.4, 0.5) is 0 Å². The molecule has 3 heterocycles. The Balaban J connectivity index is 1.02. The van der Waals surface area contributed by atoms with Gasteiger partial charge >= 0.3 is 0 Å². The van der Waals surface area contributed by atoms with E-state index < -0.39 is 0 Å². The largest absolute Gasteiger partial charge is 0.456 e. The highest BCUT2D eigenvalue weighted by Gasteiger charge is 2.37. The average molecular weight is 767 g/mol. The molecule has 3 heteroatoms. The number of para-hydroxylation sites is 1. The second kappa shape index (κ2) is 12.2. The van der Waals surface area contributed by atoms with Crippen molar-refractivity contribution in [3.8, 4) is 50.2 Å². The highest BCUT2D eigenvalue weighted by Crippen LogP contribution is 2.53. The molecule has 0 atom stereocenters. The first-order valence-corrected chi connectivity index (χ1v) is 20.8. The molecule has 60 heavy (non-hydrogen) atoms. The van der Waals surface area contributed by atoms with Gasteiger partial charge < -0.3 is 14.0 Å². The number of hydrogen-bond acceptors (Lipinski definition) is 1. The molecule has 1 N–H and O–H groups in total. The molecule has 1 aliphatic carbocycles. The Labute approximate surface area is 346 Å². The topological polar surface area (TPSA) is 33.9 Å². The van der Waals surface area contributed by atoms with Gasteiger partial charge in [0.1, 0.15) is 11.2 Å². The number of fused-ring (bicyclic) bond motifs is 12. The van der Waals surface area contributed by atoms with E-state index in [0.29, 0.717) is 0 Å². The van der Waals surface area contributed by atoms with Crippen LogP contribution in [0.3, 0.4) is 0 Å². The van der Waals surface area contributed by atoms with Crippen LogP contribution in [0.2, 0.25) is 0 Å². The van der Waals surface area contributed by atoms with Gasteiger partial charge in [-0.2, -0.15) is 0 Å². The van der Waals surface area contributed by atoms with Crippen molar-refractivity contribution in [2.45, 2.75) is 19.3 Å². The Morgan fingerprint density at radius 3 is 1.52 bits per heavy atom. The van der Waals surface area contributed by atoms with Crippen LogP contribution in [-0.2, 0) is 5.41 Å². The van der Waals surface area contributed by atoms with Crippen LogP contribution in [0.5, 0.6) is 0 Å². The molecule has 0 spiro atoms. The van der Waals surface area contributed by atoms with Crippen molar-refractivity contribution >= 4 is 65.6 Å². The van der Waals surface area contributed by atoms with Crippen LogP contribution in [0.15, 0.2) is 192 Å². The Hall–Kier alpha value is -7.62. The van der Waals surface area contributed by atoms with E-state index in [-0.39, 0.29) is 5.41 Å². The molecule has 0 saturated carbocycles. The number of hydrogen-bond donors (Lipinski definition) is 1. The lowest BCUT2D eigenvalue weighted by molar-refractivity contribution is 0.661. The Morgan fingerprint density at radius 1 is 0.383 bits per heavy atom. The van der Waals surface area contributed by atoms with Crippen LogP contribution < -0.4 is 0 Å². The summed E-state index contributed by atoms with van der Waals surface area (Å²) in [5, 5.41) is 7.27. The summed E-state index contributed by atoms with van der Waals surface area (Å²) in [6.45, 7) is 4.77. The third-order valence-electron chi connectivity index (χ3n) is 13.3. The zero-order valence-corrected chi connectivity index (χ0v) is 33.3. The van der Waals surface area contributed by atoms with E-state index in [2.05, 4.69) is 211 Å². The highest BCUT2D eigenvalue weighted by atomic mass is 16.3. The smallest absolute Gasteiger partial charge is 0.135 e. The minimum atomic E-state index is -0.189. The molecular weight excluding hydrogens is 729 g/mol. The van der Waals surface area contributed by atoms with Crippen molar-refractivity contribution < 1.29 is 4.42 Å². The molecule has 0 saturated heterocycles. The second-order valence-corrected chi connectivity index (χ2v) is 17.0. The lowest BCUT2D eigenvalue weighted by Crippen LogP contribution is -2.15. The summed E-state index contributed by atoms with van der Waals surface area (Å²) >= 11 is 0. The summed E-state index contributed by atoms with van der Waals surface area (Å²) in [7, 11) is 0. The molecule has 0 unspecified atom stereocenters. The monoisotopic (exact) mass is 766 g/mol. The zero-order valence-electron chi connectivity index (χ0n) is 33.3. The number of furan rings is 1. The summed E-state index contributed by atoms with van der Waals surface area (Å²) in [6, 6.07) is 68.8. The van der Waals surface area contributed by atoms with Crippen LogP contribution in [0, 0.1) is 0 Å². The summed E-state index contributed by atoms with van der Waals surface area (Å²) in [5.41, 5.74) is 20.1. The van der Waals surface area contributed by atoms with E-state index >= 15 is 0 Å². The number of aromatic nitrogens is 2. The molecular formula is C57H38N2O. The average Bonchev–Trinajstić information content (AvgIpc) is 4.01. The number of nitrogens with one attached hydrogen (secondary N) is 1. The number of H-pyrrole nitrogens is 1. The van der Waals surface area contributed by atoms with Crippen molar-refractivity contribution in [2.75, 3.05) is 0 Å². The van der Waals surface area contributed by atoms with Gasteiger partial charge in [-0.1, -0.05) is 117 Å². The minimum absolute atomic E-state index is 0.189. The summed E-state index contributed by atoms with van der Waals surface area (Å²) in [5.74, 6) is 0. The van der Waals surface area contributed by atoms with Crippen LogP contribution >= 0.6 is 0 Å². The van der Waals surface area contributed by atoms with E-state index in [4.69, 9.17) is 4.42 Å². The van der Waals surface area contributed by atoms with Gasteiger partial charge in [0, 0.05) is 54.5 Å². The first-order valence-electron chi connectivity index (χ1n) is 20.8. The molecule has 282 valence electrons. The predicted molar refractivity (Wildman–Crippen MR) is 251 cm³/mol. The quantitative estimate of drug-likeness (QED) is 0.190.